The molecule has 172 valence electrons. The van der Waals surface area contributed by atoms with Crippen LogP contribution in [0.25, 0.3) is 11.2 Å². The van der Waals surface area contributed by atoms with Gasteiger partial charge in [0.15, 0.2) is 16.3 Å². The molecule has 0 spiro atoms. The van der Waals surface area contributed by atoms with Gasteiger partial charge in [-0.15, -0.1) is 11.3 Å². The average Bonchev–Trinajstić information content (AvgIpc) is 3.46. The number of aryl methyl sites for hydroxylation is 2. The van der Waals surface area contributed by atoms with E-state index in [-0.39, 0.29) is 11.2 Å². The molecule has 3 aromatic heterocycles. The van der Waals surface area contributed by atoms with Crippen molar-refractivity contribution in [1.29, 1.82) is 0 Å². The van der Waals surface area contributed by atoms with E-state index < -0.39 is 0 Å². The van der Waals surface area contributed by atoms with Gasteiger partial charge in [0.25, 0.3) is 5.56 Å². The third-order valence-corrected chi connectivity index (χ3v) is 7.11. The highest BCUT2D eigenvalue weighted by Gasteiger charge is 2.24. The van der Waals surface area contributed by atoms with Gasteiger partial charge >= 0.3 is 5.69 Å². The molecule has 1 saturated heterocycles. The minimum Gasteiger partial charge on any atom is -0.346 e. The Hall–Kier alpha value is -3.24. The largest absolute Gasteiger partial charge is 0.346 e. The number of aromatic nitrogens is 5. The lowest BCUT2D eigenvalue weighted by Gasteiger charge is -2.34. The molecule has 0 saturated carbocycles. The van der Waals surface area contributed by atoms with E-state index in [1.807, 2.05) is 22.2 Å². The van der Waals surface area contributed by atoms with Crippen molar-refractivity contribution in [3.8, 4) is 0 Å². The Morgan fingerprint density at radius 3 is 2.52 bits per heavy atom. The Labute approximate surface area is 195 Å². The van der Waals surface area contributed by atoms with Crippen molar-refractivity contribution in [3.63, 3.8) is 0 Å². The molecule has 10 heteroatoms. The minimum absolute atomic E-state index is 0.312. The SMILES string of the molecule is Cc1cccc(Cn2c(CN3CCN(c4nccs4)CC3)nc3c2c(=O)n(C)c(=O)n3C)c1. The molecule has 0 atom stereocenters. The van der Waals surface area contributed by atoms with E-state index in [1.54, 1.807) is 18.4 Å². The van der Waals surface area contributed by atoms with Crippen LogP contribution >= 0.6 is 11.3 Å². The first-order valence-electron chi connectivity index (χ1n) is 11.0. The molecular formula is C23H27N7O2S. The van der Waals surface area contributed by atoms with Gasteiger partial charge in [-0.3, -0.25) is 18.8 Å². The molecule has 1 aromatic carbocycles. The maximum Gasteiger partial charge on any atom is 0.332 e. The molecule has 4 aromatic rings. The Balaban J connectivity index is 1.51. The Morgan fingerprint density at radius 1 is 1.03 bits per heavy atom. The zero-order valence-electron chi connectivity index (χ0n) is 19.1. The summed E-state index contributed by atoms with van der Waals surface area (Å²) in [6, 6.07) is 8.26. The van der Waals surface area contributed by atoms with Gasteiger partial charge < -0.3 is 9.47 Å². The first-order valence-corrected chi connectivity index (χ1v) is 11.9. The molecule has 33 heavy (non-hydrogen) atoms. The maximum absolute atomic E-state index is 13.1. The molecule has 0 bridgehead atoms. The Bertz CT molecular complexity index is 1410. The fourth-order valence-corrected chi connectivity index (χ4v) is 5.14. The van der Waals surface area contributed by atoms with Crippen LogP contribution in [0.2, 0.25) is 0 Å². The summed E-state index contributed by atoms with van der Waals surface area (Å²) >= 11 is 1.66. The molecule has 5 rings (SSSR count). The summed E-state index contributed by atoms with van der Waals surface area (Å²) < 4.78 is 4.61. The van der Waals surface area contributed by atoms with Gasteiger partial charge in [-0.05, 0) is 12.5 Å². The van der Waals surface area contributed by atoms with E-state index in [9.17, 15) is 9.59 Å². The van der Waals surface area contributed by atoms with Gasteiger partial charge in [0, 0.05) is 58.4 Å². The molecular weight excluding hydrogens is 438 g/mol. The van der Waals surface area contributed by atoms with Crippen LogP contribution in [0.15, 0.2) is 45.4 Å². The zero-order chi connectivity index (χ0) is 23.1. The molecule has 1 aliphatic rings. The van der Waals surface area contributed by atoms with Crippen molar-refractivity contribution in [2.24, 2.45) is 14.1 Å². The van der Waals surface area contributed by atoms with Crippen molar-refractivity contribution in [3.05, 3.63) is 73.6 Å². The summed E-state index contributed by atoms with van der Waals surface area (Å²) in [5.74, 6) is 0.799. The van der Waals surface area contributed by atoms with Gasteiger partial charge in [-0.1, -0.05) is 29.8 Å². The van der Waals surface area contributed by atoms with Gasteiger partial charge in [0.05, 0.1) is 6.54 Å². The summed E-state index contributed by atoms with van der Waals surface area (Å²) in [5, 5.41) is 3.06. The molecule has 0 aliphatic carbocycles. The van der Waals surface area contributed by atoms with Gasteiger partial charge in [-0.2, -0.15) is 0 Å². The van der Waals surface area contributed by atoms with E-state index in [2.05, 4.69) is 39.9 Å². The van der Waals surface area contributed by atoms with E-state index in [4.69, 9.17) is 4.98 Å². The molecule has 0 unspecified atom stereocenters. The van der Waals surface area contributed by atoms with Crippen LogP contribution in [-0.2, 0) is 27.2 Å². The minimum atomic E-state index is -0.365. The van der Waals surface area contributed by atoms with Gasteiger partial charge in [0.1, 0.15) is 5.82 Å². The van der Waals surface area contributed by atoms with Crippen LogP contribution in [0.5, 0.6) is 0 Å². The van der Waals surface area contributed by atoms with Crippen molar-refractivity contribution >= 4 is 27.6 Å². The summed E-state index contributed by atoms with van der Waals surface area (Å²) in [7, 11) is 3.19. The molecule has 0 N–H and O–H groups in total. The molecule has 4 heterocycles. The fraction of sp³-hybridized carbons (Fsp3) is 0.391. The topological polar surface area (TPSA) is 81.2 Å². The van der Waals surface area contributed by atoms with E-state index in [1.165, 1.54) is 11.6 Å². The first-order chi connectivity index (χ1) is 15.9. The van der Waals surface area contributed by atoms with Crippen LogP contribution in [0.4, 0.5) is 5.13 Å². The third-order valence-electron chi connectivity index (χ3n) is 6.28. The molecule has 1 fully saturated rings. The van der Waals surface area contributed by atoms with Crippen LogP contribution in [0.3, 0.4) is 0 Å². The number of benzene rings is 1. The number of fused-ring (bicyclic) bond motifs is 1. The summed E-state index contributed by atoms with van der Waals surface area (Å²) in [6.45, 7) is 6.75. The normalized spacial score (nSPS) is 14.9. The average molecular weight is 466 g/mol. The highest BCUT2D eigenvalue weighted by atomic mass is 32.1. The fourth-order valence-electron chi connectivity index (χ4n) is 4.45. The summed E-state index contributed by atoms with van der Waals surface area (Å²) in [5.41, 5.74) is 2.49. The number of nitrogens with zero attached hydrogens (tertiary/aromatic N) is 7. The molecule has 9 nitrogen and oxygen atoms in total. The number of piperazine rings is 1. The van der Waals surface area contributed by atoms with Crippen molar-refractivity contribution < 1.29 is 0 Å². The van der Waals surface area contributed by atoms with E-state index in [0.29, 0.717) is 24.3 Å². The highest BCUT2D eigenvalue weighted by molar-refractivity contribution is 7.13. The zero-order valence-corrected chi connectivity index (χ0v) is 19.9. The monoisotopic (exact) mass is 465 g/mol. The molecule has 0 amide bonds. The highest BCUT2D eigenvalue weighted by Crippen LogP contribution is 2.21. The predicted octanol–water partition coefficient (Wildman–Crippen LogP) is 1.57. The first kappa shape index (κ1) is 21.6. The summed E-state index contributed by atoms with van der Waals surface area (Å²) in [6.07, 6.45) is 1.84. The van der Waals surface area contributed by atoms with Crippen LogP contribution in [0.1, 0.15) is 17.0 Å². The van der Waals surface area contributed by atoms with Crippen molar-refractivity contribution in [1.82, 2.24) is 28.6 Å². The van der Waals surface area contributed by atoms with Crippen LogP contribution in [-0.4, -0.2) is 54.7 Å². The van der Waals surface area contributed by atoms with Crippen LogP contribution in [0, 0.1) is 6.92 Å². The maximum atomic E-state index is 13.1. The second-order valence-electron chi connectivity index (χ2n) is 8.56. The van der Waals surface area contributed by atoms with Crippen LogP contribution < -0.4 is 16.1 Å². The number of hydrogen-bond acceptors (Lipinski definition) is 7. The number of hydrogen-bond donors (Lipinski definition) is 0. The number of thiazole rings is 1. The quantitative estimate of drug-likeness (QED) is 0.445. The lowest BCUT2D eigenvalue weighted by molar-refractivity contribution is 0.241. The number of anilines is 1. The second-order valence-corrected chi connectivity index (χ2v) is 9.43. The third kappa shape index (κ3) is 4.00. The number of rotatable bonds is 5. The van der Waals surface area contributed by atoms with E-state index >= 15 is 0 Å². The van der Waals surface area contributed by atoms with Crippen molar-refractivity contribution in [2.45, 2.75) is 20.0 Å². The van der Waals surface area contributed by atoms with E-state index in [0.717, 1.165) is 52.8 Å². The number of imidazole rings is 1. The Morgan fingerprint density at radius 2 is 1.82 bits per heavy atom. The summed E-state index contributed by atoms with van der Waals surface area (Å²) in [4.78, 5) is 39.5. The predicted molar refractivity (Wildman–Crippen MR) is 130 cm³/mol. The molecule has 0 radical (unpaired) electrons. The standard InChI is InChI=1S/C23H27N7O2S/c1-16-5-4-6-17(13-16)14-30-18(25-20-19(30)21(31)27(3)23(32)26(20)2)15-28-8-10-29(11-9-28)22-24-7-12-33-22/h4-7,12-13H,8-11,14-15H2,1-3H3. The smallest absolute Gasteiger partial charge is 0.332 e. The van der Waals surface area contributed by atoms with Gasteiger partial charge in [-0.25, -0.2) is 14.8 Å². The molecule has 1 aliphatic heterocycles. The second kappa shape index (κ2) is 8.60. The lowest BCUT2D eigenvalue weighted by Crippen LogP contribution is -2.46. The van der Waals surface area contributed by atoms with Gasteiger partial charge in [0.2, 0.25) is 0 Å². The van der Waals surface area contributed by atoms with Crippen molar-refractivity contribution in [2.75, 3.05) is 31.1 Å². The Kier molecular flexibility index (Phi) is 5.63. The lowest BCUT2D eigenvalue weighted by atomic mass is 10.1.